The summed E-state index contributed by atoms with van der Waals surface area (Å²) in [5, 5.41) is 17.3. The summed E-state index contributed by atoms with van der Waals surface area (Å²) < 4.78 is 0. The lowest BCUT2D eigenvalue weighted by Crippen LogP contribution is -2.01. The third-order valence-electron chi connectivity index (χ3n) is 9.22. The topological polar surface area (TPSA) is 74.6 Å². The van der Waals surface area contributed by atoms with E-state index in [0.717, 1.165) is 31.6 Å². The van der Waals surface area contributed by atoms with Crippen LogP contribution in [0.25, 0.3) is 0 Å². The van der Waals surface area contributed by atoms with E-state index in [9.17, 15) is 9.59 Å². The zero-order valence-corrected chi connectivity index (χ0v) is 28.3. The van der Waals surface area contributed by atoms with Crippen LogP contribution in [0.5, 0.6) is 0 Å². The number of carboxylic acid groups (broad SMARTS) is 2. The maximum Gasteiger partial charge on any atom is 0.303 e. The SMILES string of the molecule is CCCCCC(CCCCCCCCCCCCCCCC(=O)O)CCCCCCCCCCCCCCCC(=O)O. The smallest absolute Gasteiger partial charge is 0.303 e. The first-order valence-electron chi connectivity index (χ1n) is 19.0. The van der Waals surface area contributed by atoms with Gasteiger partial charge >= 0.3 is 11.9 Å². The van der Waals surface area contributed by atoms with E-state index in [0.29, 0.717) is 12.8 Å². The van der Waals surface area contributed by atoms with Crippen molar-refractivity contribution in [2.24, 2.45) is 5.92 Å². The quantitative estimate of drug-likeness (QED) is 0.0707. The van der Waals surface area contributed by atoms with E-state index >= 15 is 0 Å². The van der Waals surface area contributed by atoms with E-state index in [-0.39, 0.29) is 0 Å². The second-order valence-electron chi connectivity index (χ2n) is 13.4. The Morgan fingerprint density at radius 3 is 0.810 bits per heavy atom. The van der Waals surface area contributed by atoms with Crippen LogP contribution in [0.4, 0.5) is 0 Å². The number of hydrogen-bond donors (Lipinski definition) is 2. The normalized spacial score (nSPS) is 11.5. The molecule has 0 saturated carbocycles. The first-order valence-corrected chi connectivity index (χ1v) is 19.0. The molecule has 0 spiro atoms. The molecule has 2 N–H and O–H groups in total. The van der Waals surface area contributed by atoms with Gasteiger partial charge in [0.25, 0.3) is 0 Å². The minimum absolute atomic E-state index is 0.337. The second-order valence-corrected chi connectivity index (χ2v) is 13.4. The van der Waals surface area contributed by atoms with Gasteiger partial charge in [-0.25, -0.2) is 0 Å². The molecule has 0 aromatic heterocycles. The fourth-order valence-corrected chi connectivity index (χ4v) is 6.42. The van der Waals surface area contributed by atoms with Crippen LogP contribution in [-0.2, 0) is 9.59 Å². The molecule has 0 heterocycles. The number of hydrogen-bond acceptors (Lipinski definition) is 2. The molecule has 0 amide bonds. The highest BCUT2D eigenvalue weighted by Gasteiger charge is 2.08. The lowest BCUT2D eigenvalue weighted by atomic mass is 9.89. The summed E-state index contributed by atoms with van der Waals surface area (Å²) in [6.07, 6.45) is 43.3. The van der Waals surface area contributed by atoms with Gasteiger partial charge in [0.2, 0.25) is 0 Å². The maximum atomic E-state index is 10.5. The van der Waals surface area contributed by atoms with E-state index < -0.39 is 11.9 Å². The van der Waals surface area contributed by atoms with E-state index in [1.165, 1.54) is 180 Å². The molecular weight excluding hydrogens is 520 g/mol. The first kappa shape index (κ1) is 40.9. The molecular formula is C38H74O4. The molecule has 42 heavy (non-hydrogen) atoms. The lowest BCUT2D eigenvalue weighted by Gasteiger charge is -2.17. The molecule has 0 aliphatic heterocycles. The summed E-state index contributed by atoms with van der Waals surface area (Å²) in [6, 6.07) is 0. The standard InChI is InChI=1S/C38H74O4/c1-2-3-26-31-36(32-27-22-18-14-10-6-4-8-12-16-20-24-29-34-37(39)40)33-28-23-19-15-11-7-5-9-13-17-21-25-30-35-38(41)42/h36H,2-35H2,1H3,(H,39,40)(H,41,42). The highest BCUT2D eigenvalue weighted by atomic mass is 16.4. The summed E-state index contributed by atoms with van der Waals surface area (Å²) in [5.74, 6) is -0.332. The van der Waals surface area contributed by atoms with E-state index in [1.807, 2.05) is 0 Å². The van der Waals surface area contributed by atoms with E-state index in [2.05, 4.69) is 6.92 Å². The van der Waals surface area contributed by atoms with Gasteiger partial charge in [-0.1, -0.05) is 200 Å². The second kappa shape index (κ2) is 34.4. The molecule has 0 aliphatic rings. The highest BCUT2D eigenvalue weighted by Crippen LogP contribution is 2.24. The predicted octanol–water partition coefficient (Wildman–Crippen LogP) is 13.1. The van der Waals surface area contributed by atoms with Crippen molar-refractivity contribution in [1.29, 1.82) is 0 Å². The van der Waals surface area contributed by atoms with Crippen molar-refractivity contribution in [2.75, 3.05) is 0 Å². The van der Waals surface area contributed by atoms with Crippen LogP contribution in [0.15, 0.2) is 0 Å². The third-order valence-corrected chi connectivity index (χ3v) is 9.22. The average Bonchev–Trinajstić information content (AvgIpc) is 2.96. The zero-order chi connectivity index (χ0) is 30.8. The molecule has 0 rings (SSSR count). The van der Waals surface area contributed by atoms with Crippen LogP contribution in [0.3, 0.4) is 0 Å². The Morgan fingerprint density at radius 2 is 0.571 bits per heavy atom. The Balaban J connectivity index is 3.55. The van der Waals surface area contributed by atoms with Gasteiger partial charge < -0.3 is 10.2 Å². The van der Waals surface area contributed by atoms with Crippen LogP contribution >= 0.6 is 0 Å². The Kier molecular flexibility index (Phi) is 33.6. The van der Waals surface area contributed by atoms with Crippen molar-refractivity contribution in [1.82, 2.24) is 0 Å². The van der Waals surface area contributed by atoms with Crippen LogP contribution < -0.4 is 0 Å². The minimum Gasteiger partial charge on any atom is -0.481 e. The van der Waals surface area contributed by atoms with Crippen molar-refractivity contribution in [3.8, 4) is 0 Å². The monoisotopic (exact) mass is 595 g/mol. The zero-order valence-electron chi connectivity index (χ0n) is 28.3. The van der Waals surface area contributed by atoms with Crippen LogP contribution in [-0.4, -0.2) is 22.2 Å². The van der Waals surface area contributed by atoms with Crippen molar-refractivity contribution in [2.45, 2.75) is 225 Å². The fourth-order valence-electron chi connectivity index (χ4n) is 6.42. The highest BCUT2D eigenvalue weighted by molar-refractivity contribution is 5.66. The van der Waals surface area contributed by atoms with Crippen LogP contribution in [0.1, 0.15) is 225 Å². The number of carbonyl (C=O) groups is 2. The maximum absolute atomic E-state index is 10.5. The Bertz CT molecular complexity index is 517. The molecule has 0 bridgehead atoms. The lowest BCUT2D eigenvalue weighted by molar-refractivity contribution is -0.138. The molecule has 0 fully saturated rings. The van der Waals surface area contributed by atoms with Gasteiger partial charge in [0.05, 0.1) is 0 Å². The van der Waals surface area contributed by atoms with E-state index in [4.69, 9.17) is 10.2 Å². The molecule has 0 radical (unpaired) electrons. The summed E-state index contributed by atoms with van der Waals surface area (Å²) in [5.41, 5.74) is 0. The van der Waals surface area contributed by atoms with Crippen LogP contribution in [0.2, 0.25) is 0 Å². The summed E-state index contributed by atoms with van der Waals surface area (Å²) >= 11 is 0. The van der Waals surface area contributed by atoms with Crippen molar-refractivity contribution >= 4 is 11.9 Å². The summed E-state index contributed by atoms with van der Waals surface area (Å²) in [7, 11) is 0. The van der Waals surface area contributed by atoms with Crippen molar-refractivity contribution in [3.63, 3.8) is 0 Å². The number of unbranched alkanes of at least 4 members (excludes halogenated alkanes) is 26. The molecule has 0 aliphatic carbocycles. The summed E-state index contributed by atoms with van der Waals surface area (Å²) in [4.78, 5) is 21.0. The van der Waals surface area contributed by atoms with Gasteiger partial charge in [-0.3, -0.25) is 9.59 Å². The molecule has 0 atom stereocenters. The van der Waals surface area contributed by atoms with E-state index in [1.54, 1.807) is 0 Å². The van der Waals surface area contributed by atoms with Crippen molar-refractivity contribution < 1.29 is 19.8 Å². The number of carboxylic acids is 2. The minimum atomic E-state index is -0.654. The predicted molar refractivity (Wildman–Crippen MR) is 181 cm³/mol. The molecule has 0 aromatic carbocycles. The van der Waals surface area contributed by atoms with Gasteiger partial charge in [-0.15, -0.1) is 0 Å². The summed E-state index contributed by atoms with van der Waals surface area (Å²) in [6.45, 7) is 2.32. The third kappa shape index (κ3) is 35.1. The molecule has 0 aromatic rings. The average molecular weight is 595 g/mol. The van der Waals surface area contributed by atoms with Gasteiger partial charge in [0.15, 0.2) is 0 Å². The van der Waals surface area contributed by atoms with Gasteiger partial charge in [0.1, 0.15) is 0 Å². The Hall–Kier alpha value is -1.06. The molecule has 0 unspecified atom stereocenters. The number of aliphatic carboxylic acids is 2. The van der Waals surface area contributed by atoms with Crippen LogP contribution in [0, 0.1) is 5.92 Å². The molecule has 4 heteroatoms. The van der Waals surface area contributed by atoms with Gasteiger partial charge in [-0.05, 0) is 18.8 Å². The fraction of sp³-hybridized carbons (Fsp3) is 0.947. The largest absolute Gasteiger partial charge is 0.481 e. The Morgan fingerprint density at radius 1 is 0.357 bits per heavy atom. The van der Waals surface area contributed by atoms with Gasteiger partial charge in [-0.2, -0.15) is 0 Å². The first-order chi connectivity index (χ1) is 20.6. The number of rotatable bonds is 36. The molecule has 4 nitrogen and oxygen atoms in total. The molecule has 250 valence electrons. The van der Waals surface area contributed by atoms with Gasteiger partial charge in [0, 0.05) is 12.8 Å². The van der Waals surface area contributed by atoms with Crippen molar-refractivity contribution in [3.05, 3.63) is 0 Å². The Labute approximate surface area is 262 Å². The molecule has 0 saturated heterocycles.